The van der Waals surface area contributed by atoms with Crippen molar-refractivity contribution >= 4 is 24.4 Å². The zero-order chi connectivity index (χ0) is 35.9. The Balaban J connectivity index is 1.80. The van der Waals surface area contributed by atoms with Crippen LogP contribution in [0.25, 0.3) is 0 Å². The van der Waals surface area contributed by atoms with Gasteiger partial charge in [0.15, 0.2) is 12.2 Å². The maximum Gasteiger partial charge on any atom is 0.509 e. The minimum atomic E-state index is -1.06. The molecule has 0 aliphatic carbocycles. The van der Waals surface area contributed by atoms with Gasteiger partial charge in [0, 0.05) is 19.1 Å². The van der Waals surface area contributed by atoms with Gasteiger partial charge in [-0.3, -0.25) is 4.90 Å². The molecule has 0 bridgehead atoms. The van der Waals surface area contributed by atoms with Gasteiger partial charge in [-0.2, -0.15) is 0 Å². The third-order valence-corrected chi connectivity index (χ3v) is 7.64. The highest BCUT2D eigenvalue weighted by atomic mass is 16.7. The van der Waals surface area contributed by atoms with Gasteiger partial charge in [0.1, 0.15) is 22.6 Å². The van der Waals surface area contributed by atoms with E-state index < -0.39 is 53.4 Å². The highest BCUT2D eigenvalue weighted by Crippen LogP contribution is 2.30. The SMILES string of the molecule is COc1ccc(C[C@@H]2[C@H](OC(=O)NCC[C@@H]3CCCCN3C(=O)OC(C)(C)C)[C@@H](OC(=O)OC(C)(C)C)CN2C(=O)OC(C)(C)C)cc1. The van der Waals surface area contributed by atoms with Crippen LogP contribution < -0.4 is 10.1 Å². The van der Waals surface area contributed by atoms with Crippen LogP contribution in [-0.4, -0.2) is 102 Å². The highest BCUT2D eigenvalue weighted by Gasteiger charge is 2.50. The van der Waals surface area contributed by atoms with E-state index in [0.717, 1.165) is 24.8 Å². The maximum absolute atomic E-state index is 13.5. The topological polar surface area (TPSA) is 142 Å². The average Bonchev–Trinajstić information content (AvgIpc) is 3.26. The number of amides is 3. The minimum absolute atomic E-state index is 0.0835. The van der Waals surface area contributed by atoms with Crippen LogP contribution in [0.2, 0.25) is 0 Å². The van der Waals surface area contributed by atoms with Crippen LogP contribution >= 0.6 is 0 Å². The van der Waals surface area contributed by atoms with Crippen molar-refractivity contribution in [3.05, 3.63) is 29.8 Å². The number of benzene rings is 1. The molecule has 48 heavy (non-hydrogen) atoms. The van der Waals surface area contributed by atoms with Gasteiger partial charge < -0.3 is 38.6 Å². The predicted molar refractivity (Wildman–Crippen MR) is 178 cm³/mol. The number of ether oxygens (including phenoxy) is 6. The first-order valence-corrected chi connectivity index (χ1v) is 16.7. The summed E-state index contributed by atoms with van der Waals surface area (Å²) >= 11 is 0. The molecule has 1 aromatic rings. The second-order valence-electron chi connectivity index (χ2n) is 15.3. The van der Waals surface area contributed by atoms with Crippen molar-refractivity contribution in [1.82, 2.24) is 15.1 Å². The van der Waals surface area contributed by atoms with E-state index in [9.17, 15) is 19.2 Å². The van der Waals surface area contributed by atoms with E-state index in [-0.39, 0.29) is 31.6 Å². The molecule has 3 rings (SSSR count). The zero-order valence-electron chi connectivity index (χ0n) is 30.3. The summed E-state index contributed by atoms with van der Waals surface area (Å²) in [6, 6.07) is 6.45. The number of likely N-dealkylation sites (tertiary alicyclic amines) is 2. The molecule has 2 aliphatic rings. The second kappa shape index (κ2) is 16.0. The normalized spacial score (nSPS) is 21.6. The predicted octanol–water partition coefficient (Wildman–Crippen LogP) is 6.45. The molecular formula is C35H55N3O10. The summed E-state index contributed by atoms with van der Waals surface area (Å²) in [6.45, 7) is 16.6. The van der Waals surface area contributed by atoms with Crippen LogP contribution in [0.15, 0.2) is 24.3 Å². The number of carbonyl (C=O) groups is 4. The van der Waals surface area contributed by atoms with Crippen molar-refractivity contribution in [1.29, 1.82) is 0 Å². The van der Waals surface area contributed by atoms with Gasteiger partial charge in [-0.15, -0.1) is 0 Å². The smallest absolute Gasteiger partial charge is 0.497 e. The van der Waals surface area contributed by atoms with Crippen molar-refractivity contribution in [3.63, 3.8) is 0 Å². The van der Waals surface area contributed by atoms with Gasteiger partial charge in [0.05, 0.1) is 19.7 Å². The van der Waals surface area contributed by atoms with Gasteiger partial charge in [0.2, 0.25) is 0 Å². The van der Waals surface area contributed by atoms with E-state index in [1.807, 2.05) is 32.9 Å². The molecule has 13 nitrogen and oxygen atoms in total. The molecule has 2 saturated heterocycles. The Hall–Kier alpha value is -3.90. The molecule has 2 aliphatic heterocycles. The fourth-order valence-corrected chi connectivity index (χ4v) is 5.64. The van der Waals surface area contributed by atoms with Crippen LogP contribution in [0, 0.1) is 0 Å². The second-order valence-corrected chi connectivity index (χ2v) is 15.3. The number of carbonyl (C=O) groups excluding carboxylic acids is 4. The maximum atomic E-state index is 13.5. The van der Waals surface area contributed by atoms with E-state index in [1.165, 1.54) is 4.90 Å². The van der Waals surface area contributed by atoms with E-state index in [2.05, 4.69) is 5.32 Å². The van der Waals surface area contributed by atoms with Crippen molar-refractivity contribution in [2.75, 3.05) is 26.7 Å². The van der Waals surface area contributed by atoms with Crippen molar-refractivity contribution in [3.8, 4) is 5.75 Å². The number of nitrogens with one attached hydrogen (secondary N) is 1. The van der Waals surface area contributed by atoms with Crippen LogP contribution in [-0.2, 0) is 30.1 Å². The Bertz CT molecular complexity index is 1250. The first-order valence-electron chi connectivity index (χ1n) is 16.7. The quantitative estimate of drug-likeness (QED) is 0.241. The van der Waals surface area contributed by atoms with Crippen LogP contribution in [0.5, 0.6) is 5.75 Å². The number of piperidine rings is 1. The molecule has 1 N–H and O–H groups in total. The molecule has 4 atom stereocenters. The first-order chi connectivity index (χ1) is 22.2. The van der Waals surface area contributed by atoms with Gasteiger partial charge in [-0.25, -0.2) is 19.2 Å². The lowest BCUT2D eigenvalue weighted by Gasteiger charge is -2.36. The third-order valence-electron chi connectivity index (χ3n) is 7.64. The van der Waals surface area contributed by atoms with Crippen LogP contribution in [0.1, 0.15) is 93.6 Å². The molecule has 13 heteroatoms. The van der Waals surface area contributed by atoms with Crippen LogP contribution in [0.4, 0.5) is 19.2 Å². The van der Waals surface area contributed by atoms with Crippen molar-refractivity contribution in [2.24, 2.45) is 0 Å². The molecule has 270 valence electrons. The van der Waals surface area contributed by atoms with E-state index in [0.29, 0.717) is 18.7 Å². The Morgan fingerprint density at radius 3 is 1.94 bits per heavy atom. The molecule has 0 radical (unpaired) electrons. The third kappa shape index (κ3) is 12.3. The summed E-state index contributed by atoms with van der Waals surface area (Å²) in [4.78, 5) is 55.6. The Morgan fingerprint density at radius 2 is 1.38 bits per heavy atom. The van der Waals surface area contributed by atoms with E-state index in [1.54, 1.807) is 65.7 Å². The monoisotopic (exact) mass is 677 g/mol. The number of nitrogens with zero attached hydrogens (tertiary/aromatic N) is 2. The van der Waals surface area contributed by atoms with E-state index >= 15 is 0 Å². The summed E-state index contributed by atoms with van der Waals surface area (Å²) < 4.78 is 33.6. The number of alkyl carbamates (subject to hydrolysis) is 1. The summed E-state index contributed by atoms with van der Waals surface area (Å²) in [5.74, 6) is 0.663. The lowest BCUT2D eigenvalue weighted by Crippen LogP contribution is -2.48. The van der Waals surface area contributed by atoms with Gasteiger partial charge >= 0.3 is 24.4 Å². The lowest BCUT2D eigenvalue weighted by atomic mass is 10.00. The standard InChI is InChI=1S/C35H55N3O10/c1-33(2,3)46-30(40)37-20-12-11-13-24(37)18-19-36-29(39)45-28-26(21-23-14-16-25(43-10)17-15-23)38(31(41)47-34(4,5)6)22-27(28)44-32(42)48-35(7,8)9/h14-17,24,26-28H,11-13,18-22H2,1-10H3,(H,36,39)/t24-,26+,27-,28-/m0/s1. The summed E-state index contributed by atoms with van der Waals surface area (Å²) in [5.41, 5.74) is -1.41. The Kier molecular flexibility index (Phi) is 12.8. The Morgan fingerprint density at radius 1 is 0.792 bits per heavy atom. The largest absolute Gasteiger partial charge is 0.509 e. The van der Waals surface area contributed by atoms with Crippen LogP contribution in [0.3, 0.4) is 0 Å². The summed E-state index contributed by atoms with van der Waals surface area (Å²) in [5, 5.41) is 2.80. The van der Waals surface area contributed by atoms with Gasteiger partial charge in [-0.05, 0) is 112 Å². The molecule has 0 unspecified atom stereocenters. The molecule has 1 aromatic carbocycles. The average molecular weight is 678 g/mol. The highest BCUT2D eigenvalue weighted by molar-refractivity contribution is 5.71. The molecule has 3 amide bonds. The lowest BCUT2D eigenvalue weighted by molar-refractivity contribution is -0.0518. The van der Waals surface area contributed by atoms with Crippen molar-refractivity contribution in [2.45, 2.75) is 136 Å². The summed E-state index contributed by atoms with van der Waals surface area (Å²) in [6.07, 6.45) is -1.39. The first kappa shape index (κ1) is 38.5. The molecule has 2 heterocycles. The molecule has 2 fully saturated rings. The number of methoxy groups -OCH3 is 1. The Labute approximate surface area is 284 Å². The molecule has 0 spiro atoms. The van der Waals surface area contributed by atoms with Crippen molar-refractivity contribution < 1.29 is 47.6 Å². The molecular weight excluding hydrogens is 622 g/mol. The van der Waals surface area contributed by atoms with Gasteiger partial charge in [-0.1, -0.05) is 12.1 Å². The summed E-state index contributed by atoms with van der Waals surface area (Å²) in [7, 11) is 1.57. The fourth-order valence-electron chi connectivity index (χ4n) is 5.64. The number of hydrogen-bond acceptors (Lipinski definition) is 10. The minimum Gasteiger partial charge on any atom is -0.497 e. The zero-order valence-corrected chi connectivity index (χ0v) is 30.3. The number of rotatable bonds is 8. The fraction of sp³-hybridized carbons (Fsp3) is 0.714. The molecule has 0 aromatic heterocycles. The van der Waals surface area contributed by atoms with E-state index in [4.69, 9.17) is 28.4 Å². The molecule has 0 saturated carbocycles. The number of hydrogen-bond donors (Lipinski definition) is 1. The van der Waals surface area contributed by atoms with Gasteiger partial charge in [0.25, 0.3) is 0 Å².